The first-order valence-corrected chi connectivity index (χ1v) is 9.98. The number of hydrogen-bond acceptors (Lipinski definition) is 3. The van der Waals surface area contributed by atoms with E-state index in [9.17, 15) is 4.79 Å². The van der Waals surface area contributed by atoms with E-state index in [1.54, 1.807) is 7.05 Å². The van der Waals surface area contributed by atoms with Crippen molar-refractivity contribution in [1.82, 2.24) is 20.4 Å². The highest BCUT2D eigenvalue weighted by Crippen LogP contribution is 2.20. The van der Waals surface area contributed by atoms with Crippen LogP contribution in [0.1, 0.15) is 37.3 Å². The van der Waals surface area contributed by atoms with Crippen molar-refractivity contribution in [3.05, 3.63) is 35.4 Å². The molecule has 0 aliphatic carbocycles. The first-order valence-electron chi connectivity index (χ1n) is 9.98. The van der Waals surface area contributed by atoms with Gasteiger partial charge < -0.3 is 20.4 Å². The van der Waals surface area contributed by atoms with Crippen LogP contribution < -0.4 is 10.6 Å². The lowest BCUT2D eigenvalue weighted by atomic mass is 9.93. The average molecular weight is 501 g/mol. The van der Waals surface area contributed by atoms with Crippen LogP contribution in [0.5, 0.6) is 0 Å². The number of halogens is 1. The van der Waals surface area contributed by atoms with Crippen molar-refractivity contribution in [2.75, 3.05) is 40.8 Å². The predicted octanol–water partition coefficient (Wildman–Crippen LogP) is 2.68. The van der Waals surface area contributed by atoms with E-state index in [2.05, 4.69) is 65.7 Å². The highest BCUT2D eigenvalue weighted by molar-refractivity contribution is 14.0. The van der Waals surface area contributed by atoms with Crippen LogP contribution in [-0.4, -0.2) is 62.4 Å². The van der Waals surface area contributed by atoms with Crippen LogP contribution in [-0.2, 0) is 17.9 Å². The molecule has 28 heavy (non-hydrogen) atoms. The zero-order chi connectivity index (χ0) is 19.6. The Bertz CT molecular complexity index is 610. The van der Waals surface area contributed by atoms with Crippen molar-refractivity contribution in [3.63, 3.8) is 0 Å². The molecule has 1 aromatic carbocycles. The molecule has 0 bridgehead atoms. The van der Waals surface area contributed by atoms with Crippen LogP contribution in [0.15, 0.2) is 29.3 Å². The van der Waals surface area contributed by atoms with Gasteiger partial charge in [-0.05, 0) is 50.9 Å². The predicted molar refractivity (Wildman–Crippen MR) is 127 cm³/mol. The summed E-state index contributed by atoms with van der Waals surface area (Å²) in [7, 11) is 5.87. The minimum absolute atomic E-state index is 0. The maximum Gasteiger partial charge on any atom is 0.220 e. The van der Waals surface area contributed by atoms with Gasteiger partial charge in [0.1, 0.15) is 0 Å². The summed E-state index contributed by atoms with van der Waals surface area (Å²) in [6.07, 6.45) is 2.71. The number of rotatable bonds is 7. The molecule has 1 aromatic rings. The third kappa shape index (κ3) is 8.34. The second-order valence-electron chi connectivity index (χ2n) is 7.53. The number of nitrogens with one attached hydrogen (secondary N) is 2. The molecule has 0 aromatic heterocycles. The number of nitrogens with zero attached hydrogens (tertiary/aromatic N) is 3. The second kappa shape index (κ2) is 13.0. The number of likely N-dealkylation sites (tertiary alicyclic amines) is 1. The second-order valence-corrected chi connectivity index (χ2v) is 7.53. The molecule has 0 spiro atoms. The molecule has 1 fully saturated rings. The molecule has 0 unspecified atom stereocenters. The zero-order valence-electron chi connectivity index (χ0n) is 17.7. The fraction of sp³-hybridized carbons (Fsp3) is 0.619. The Morgan fingerprint density at radius 2 is 1.79 bits per heavy atom. The third-order valence-corrected chi connectivity index (χ3v) is 4.94. The topological polar surface area (TPSA) is 60.0 Å². The Morgan fingerprint density at radius 3 is 2.32 bits per heavy atom. The molecule has 1 aliphatic rings. The van der Waals surface area contributed by atoms with Gasteiger partial charge in [0.25, 0.3) is 0 Å². The quantitative estimate of drug-likeness (QED) is 0.343. The summed E-state index contributed by atoms with van der Waals surface area (Å²) in [5.74, 6) is 1.60. The lowest BCUT2D eigenvalue weighted by Crippen LogP contribution is -2.46. The molecule has 7 heteroatoms. The SMILES string of the molecule is CCNC(=NCc1ccc(CN(C)C)cc1)N1CCC(CC(=O)NC)CC1.I. The maximum absolute atomic E-state index is 11.6. The van der Waals surface area contributed by atoms with Crippen LogP contribution in [0.2, 0.25) is 0 Å². The number of aliphatic imine (C=N–C) groups is 1. The monoisotopic (exact) mass is 501 g/mol. The van der Waals surface area contributed by atoms with Crippen LogP contribution in [0.25, 0.3) is 0 Å². The Labute approximate surface area is 187 Å². The Kier molecular flexibility index (Phi) is 11.4. The summed E-state index contributed by atoms with van der Waals surface area (Å²) in [5, 5.41) is 6.14. The maximum atomic E-state index is 11.6. The molecule has 1 aliphatic heterocycles. The van der Waals surface area contributed by atoms with Crippen LogP contribution in [0.4, 0.5) is 0 Å². The summed E-state index contributed by atoms with van der Waals surface area (Å²) < 4.78 is 0. The van der Waals surface area contributed by atoms with Gasteiger partial charge in [-0.1, -0.05) is 24.3 Å². The van der Waals surface area contributed by atoms with Gasteiger partial charge in [0, 0.05) is 39.6 Å². The van der Waals surface area contributed by atoms with Crippen LogP contribution in [0.3, 0.4) is 0 Å². The summed E-state index contributed by atoms with van der Waals surface area (Å²) in [6.45, 7) is 6.51. The van der Waals surface area contributed by atoms with Gasteiger partial charge in [-0.2, -0.15) is 0 Å². The molecular formula is C21H36IN5O. The highest BCUT2D eigenvalue weighted by atomic mass is 127. The summed E-state index contributed by atoms with van der Waals surface area (Å²) >= 11 is 0. The van der Waals surface area contributed by atoms with Gasteiger partial charge in [0.2, 0.25) is 5.91 Å². The highest BCUT2D eigenvalue weighted by Gasteiger charge is 2.23. The molecule has 2 rings (SSSR count). The lowest BCUT2D eigenvalue weighted by molar-refractivity contribution is -0.121. The molecule has 0 saturated carbocycles. The molecule has 0 radical (unpaired) electrons. The average Bonchev–Trinajstić information content (AvgIpc) is 2.66. The number of carbonyl (C=O) groups excluding carboxylic acids is 1. The minimum atomic E-state index is 0. The fourth-order valence-electron chi connectivity index (χ4n) is 3.42. The number of benzene rings is 1. The van der Waals surface area contributed by atoms with Crippen LogP contribution in [0, 0.1) is 5.92 Å². The smallest absolute Gasteiger partial charge is 0.220 e. The molecule has 1 heterocycles. The van der Waals surface area contributed by atoms with Crippen molar-refractivity contribution in [3.8, 4) is 0 Å². The minimum Gasteiger partial charge on any atom is -0.359 e. The number of carbonyl (C=O) groups is 1. The molecule has 1 saturated heterocycles. The van der Waals surface area contributed by atoms with Crippen molar-refractivity contribution in [1.29, 1.82) is 0 Å². The van der Waals surface area contributed by atoms with Crippen LogP contribution >= 0.6 is 24.0 Å². The van der Waals surface area contributed by atoms with Gasteiger partial charge in [-0.25, -0.2) is 4.99 Å². The van der Waals surface area contributed by atoms with Gasteiger partial charge in [-0.15, -0.1) is 24.0 Å². The first-order chi connectivity index (χ1) is 13.0. The standard InChI is InChI=1S/C21H35N5O.HI/c1-5-23-21(26-12-10-17(11-13-26)14-20(27)22-2)24-15-18-6-8-19(9-7-18)16-25(3)4;/h6-9,17H,5,10-16H2,1-4H3,(H,22,27)(H,23,24);1H. The van der Waals surface area contributed by atoms with E-state index in [0.717, 1.165) is 45.0 Å². The van der Waals surface area contributed by atoms with Crippen molar-refractivity contribution in [2.45, 2.75) is 39.3 Å². The van der Waals surface area contributed by atoms with Gasteiger partial charge in [0.15, 0.2) is 5.96 Å². The van der Waals surface area contributed by atoms with E-state index >= 15 is 0 Å². The zero-order valence-corrected chi connectivity index (χ0v) is 20.0. The van der Waals surface area contributed by atoms with Gasteiger partial charge in [0.05, 0.1) is 6.54 Å². The van der Waals surface area contributed by atoms with Gasteiger partial charge in [-0.3, -0.25) is 4.79 Å². The normalized spacial score (nSPS) is 15.3. The number of piperidine rings is 1. The molecule has 1 amide bonds. The van der Waals surface area contributed by atoms with E-state index in [-0.39, 0.29) is 29.9 Å². The third-order valence-electron chi connectivity index (χ3n) is 4.94. The molecule has 0 atom stereocenters. The summed E-state index contributed by atoms with van der Waals surface area (Å²) in [6, 6.07) is 8.70. The van der Waals surface area contributed by atoms with Crippen molar-refractivity contribution >= 4 is 35.8 Å². The number of guanidine groups is 1. The van der Waals surface area contributed by atoms with E-state index < -0.39 is 0 Å². The fourth-order valence-corrected chi connectivity index (χ4v) is 3.42. The van der Waals surface area contributed by atoms with E-state index in [4.69, 9.17) is 4.99 Å². The van der Waals surface area contributed by atoms with Crippen molar-refractivity contribution < 1.29 is 4.79 Å². The first kappa shape index (κ1) is 24.7. The largest absolute Gasteiger partial charge is 0.359 e. The summed E-state index contributed by atoms with van der Waals surface area (Å²) in [4.78, 5) is 20.9. The van der Waals surface area contributed by atoms with Crippen molar-refractivity contribution in [2.24, 2.45) is 10.9 Å². The lowest BCUT2D eigenvalue weighted by Gasteiger charge is -2.34. The Morgan fingerprint density at radius 1 is 1.18 bits per heavy atom. The number of hydrogen-bond donors (Lipinski definition) is 2. The number of amides is 1. The van der Waals surface area contributed by atoms with E-state index in [1.807, 2.05) is 0 Å². The molecular weight excluding hydrogens is 465 g/mol. The van der Waals surface area contributed by atoms with Gasteiger partial charge >= 0.3 is 0 Å². The summed E-state index contributed by atoms with van der Waals surface area (Å²) in [5.41, 5.74) is 2.54. The molecule has 6 nitrogen and oxygen atoms in total. The van der Waals surface area contributed by atoms with E-state index in [1.165, 1.54) is 11.1 Å². The molecule has 2 N–H and O–H groups in total. The molecule has 158 valence electrons. The van der Waals surface area contributed by atoms with E-state index in [0.29, 0.717) is 18.9 Å². The Hall–Kier alpha value is -1.35. The Balaban J connectivity index is 0.00000392.